The number of hydrogen-bond donors (Lipinski definition) is 0. The Balaban J connectivity index is 1.45. The first-order valence-corrected chi connectivity index (χ1v) is 13.7. The number of carbonyl (C=O) groups excluding carboxylic acids is 1. The summed E-state index contributed by atoms with van der Waals surface area (Å²) in [4.78, 5) is 29.7. The fraction of sp³-hybridized carbons (Fsp3) is 0.200. The zero-order chi connectivity index (χ0) is 29.4. The number of ether oxygens (including phenoxy) is 3. The molecule has 4 aromatic carbocycles. The Morgan fingerprint density at radius 3 is 2.24 bits per heavy atom. The van der Waals surface area contributed by atoms with Gasteiger partial charge in [0.25, 0.3) is 5.91 Å². The maximum atomic E-state index is 14.1. The third-order valence-electron chi connectivity index (χ3n) is 7.83. The topological polar surface area (TPSA) is 78.2 Å². The number of nitrogens with zero attached hydrogens (tertiary/aromatic N) is 1. The zero-order valence-electron chi connectivity index (χ0n) is 24.0. The minimum absolute atomic E-state index is 0.0673. The van der Waals surface area contributed by atoms with Crippen LogP contribution in [0.3, 0.4) is 0 Å². The Morgan fingerprint density at radius 2 is 1.52 bits per heavy atom. The number of hydrogen-bond acceptors (Lipinski definition) is 6. The summed E-state index contributed by atoms with van der Waals surface area (Å²) in [6.45, 7) is 4.55. The molecule has 0 spiro atoms. The van der Waals surface area contributed by atoms with Gasteiger partial charge in [0.1, 0.15) is 17.9 Å². The normalized spacial score (nSPS) is 14.2. The van der Waals surface area contributed by atoms with Crippen LogP contribution in [0, 0.1) is 13.8 Å². The summed E-state index contributed by atoms with van der Waals surface area (Å²) < 4.78 is 23.3. The van der Waals surface area contributed by atoms with Crippen molar-refractivity contribution in [1.29, 1.82) is 0 Å². The van der Waals surface area contributed by atoms with Crippen molar-refractivity contribution in [2.45, 2.75) is 33.0 Å². The first-order valence-electron chi connectivity index (χ1n) is 13.7. The third kappa shape index (κ3) is 4.87. The fourth-order valence-corrected chi connectivity index (χ4v) is 5.42. The van der Waals surface area contributed by atoms with E-state index in [-0.39, 0.29) is 23.6 Å². The molecule has 0 radical (unpaired) electrons. The quantitative estimate of drug-likeness (QED) is 0.209. The van der Waals surface area contributed by atoms with Gasteiger partial charge in [-0.15, -0.1) is 0 Å². The molecule has 0 N–H and O–H groups in total. The molecule has 1 aliphatic rings. The molecular formula is C35H31NO6. The van der Waals surface area contributed by atoms with E-state index in [9.17, 15) is 9.59 Å². The van der Waals surface area contributed by atoms with E-state index in [1.54, 1.807) is 19.1 Å². The van der Waals surface area contributed by atoms with E-state index in [0.717, 1.165) is 33.6 Å². The van der Waals surface area contributed by atoms with Crippen LogP contribution in [0.2, 0.25) is 0 Å². The van der Waals surface area contributed by atoms with E-state index in [1.165, 1.54) is 0 Å². The van der Waals surface area contributed by atoms with Crippen LogP contribution in [-0.4, -0.2) is 25.0 Å². The summed E-state index contributed by atoms with van der Waals surface area (Å²) in [6, 6.07) is 25.9. The van der Waals surface area contributed by atoms with Gasteiger partial charge in [0.2, 0.25) is 5.76 Å². The SMILES string of the molecule is COc1ccc(CN2C(=O)c3oc4cc(C)c(C)cc4c(=O)c3C2c2ccc(OCc3ccccc3)c(OC)c2)cc1. The summed E-state index contributed by atoms with van der Waals surface area (Å²) in [5, 5.41) is 0.454. The van der Waals surface area contributed by atoms with Crippen molar-refractivity contribution >= 4 is 16.9 Å². The zero-order valence-corrected chi connectivity index (χ0v) is 24.0. The van der Waals surface area contributed by atoms with E-state index >= 15 is 0 Å². The van der Waals surface area contributed by atoms with Gasteiger partial charge < -0.3 is 23.5 Å². The van der Waals surface area contributed by atoms with Gasteiger partial charge in [0.15, 0.2) is 16.9 Å². The summed E-state index contributed by atoms with van der Waals surface area (Å²) in [5.74, 6) is 1.51. The predicted molar refractivity (Wildman–Crippen MR) is 160 cm³/mol. The Labute approximate surface area is 243 Å². The number of rotatable bonds is 8. The minimum Gasteiger partial charge on any atom is -0.497 e. The molecule has 5 aromatic rings. The lowest BCUT2D eigenvalue weighted by molar-refractivity contribution is 0.0714. The van der Waals surface area contributed by atoms with E-state index < -0.39 is 6.04 Å². The van der Waals surface area contributed by atoms with Gasteiger partial charge in [-0.1, -0.05) is 48.5 Å². The average molecular weight is 562 g/mol. The average Bonchev–Trinajstić information content (AvgIpc) is 3.29. The highest BCUT2D eigenvalue weighted by molar-refractivity contribution is 5.99. The lowest BCUT2D eigenvalue weighted by Crippen LogP contribution is -2.29. The van der Waals surface area contributed by atoms with Crippen molar-refractivity contribution in [2.75, 3.05) is 14.2 Å². The molecule has 7 nitrogen and oxygen atoms in total. The second-order valence-corrected chi connectivity index (χ2v) is 10.5. The molecular weight excluding hydrogens is 530 g/mol. The maximum Gasteiger partial charge on any atom is 0.291 e. The van der Waals surface area contributed by atoms with Crippen molar-refractivity contribution < 1.29 is 23.4 Å². The van der Waals surface area contributed by atoms with Gasteiger partial charge in [-0.3, -0.25) is 9.59 Å². The van der Waals surface area contributed by atoms with E-state index in [0.29, 0.717) is 34.6 Å². The van der Waals surface area contributed by atoms with Gasteiger partial charge in [-0.25, -0.2) is 0 Å². The van der Waals surface area contributed by atoms with Crippen LogP contribution in [0.1, 0.15) is 50.0 Å². The van der Waals surface area contributed by atoms with E-state index in [1.807, 2.05) is 98.8 Å². The molecule has 1 aromatic heterocycles. The molecule has 2 heterocycles. The summed E-state index contributed by atoms with van der Waals surface area (Å²) in [7, 11) is 3.18. The van der Waals surface area contributed by atoms with Crippen LogP contribution in [0.15, 0.2) is 94.1 Å². The molecule has 42 heavy (non-hydrogen) atoms. The van der Waals surface area contributed by atoms with Crippen LogP contribution >= 0.6 is 0 Å². The lowest BCUT2D eigenvalue weighted by atomic mass is 9.97. The monoisotopic (exact) mass is 561 g/mol. The van der Waals surface area contributed by atoms with E-state index in [2.05, 4.69) is 0 Å². The third-order valence-corrected chi connectivity index (χ3v) is 7.83. The Kier molecular flexibility index (Phi) is 7.17. The second-order valence-electron chi connectivity index (χ2n) is 10.5. The highest BCUT2D eigenvalue weighted by Crippen LogP contribution is 2.42. The van der Waals surface area contributed by atoms with Crippen LogP contribution in [0.4, 0.5) is 0 Å². The summed E-state index contributed by atoms with van der Waals surface area (Å²) >= 11 is 0. The first-order chi connectivity index (χ1) is 20.4. The van der Waals surface area contributed by atoms with Gasteiger partial charge in [-0.05, 0) is 78.1 Å². The minimum atomic E-state index is -0.686. The van der Waals surface area contributed by atoms with Crippen LogP contribution < -0.4 is 19.6 Å². The Hall–Kier alpha value is -5.04. The smallest absolute Gasteiger partial charge is 0.291 e. The molecule has 1 aliphatic heterocycles. The largest absolute Gasteiger partial charge is 0.497 e. The molecule has 0 aliphatic carbocycles. The molecule has 7 heteroatoms. The molecule has 212 valence electrons. The number of methoxy groups -OCH3 is 2. The summed E-state index contributed by atoms with van der Waals surface area (Å²) in [6.07, 6.45) is 0. The van der Waals surface area contributed by atoms with Crippen molar-refractivity contribution in [2.24, 2.45) is 0 Å². The van der Waals surface area contributed by atoms with Gasteiger partial charge in [0.05, 0.1) is 31.2 Å². The van der Waals surface area contributed by atoms with Crippen LogP contribution in [0.5, 0.6) is 17.2 Å². The molecule has 1 atom stereocenters. The molecule has 0 bridgehead atoms. The molecule has 1 unspecified atom stereocenters. The molecule has 1 amide bonds. The van der Waals surface area contributed by atoms with Crippen LogP contribution in [0.25, 0.3) is 11.0 Å². The number of fused-ring (bicyclic) bond motifs is 2. The second kappa shape index (κ2) is 11.1. The first kappa shape index (κ1) is 27.1. The Bertz CT molecular complexity index is 1840. The van der Waals surface area contributed by atoms with Crippen molar-refractivity contribution in [1.82, 2.24) is 4.90 Å². The standard InChI is InChI=1S/C35H31NO6/c1-21-16-27-29(17-22(21)2)42-34-31(33(27)37)32(36(35(34)38)19-23-10-13-26(39-3)14-11-23)25-12-15-28(30(18-25)40-4)41-20-24-8-6-5-7-9-24/h5-18,32H,19-20H2,1-4H3. The number of amides is 1. The molecule has 0 saturated heterocycles. The van der Waals surface area contributed by atoms with Gasteiger partial charge in [-0.2, -0.15) is 0 Å². The molecule has 6 rings (SSSR count). The predicted octanol–water partition coefficient (Wildman–Crippen LogP) is 6.75. The lowest BCUT2D eigenvalue weighted by Gasteiger charge is -2.26. The van der Waals surface area contributed by atoms with Gasteiger partial charge >= 0.3 is 0 Å². The van der Waals surface area contributed by atoms with Crippen molar-refractivity contribution in [3.8, 4) is 17.2 Å². The van der Waals surface area contributed by atoms with Crippen LogP contribution in [-0.2, 0) is 13.2 Å². The number of benzene rings is 4. The summed E-state index contributed by atoms with van der Waals surface area (Å²) in [5.41, 5.74) is 5.11. The molecule has 0 fully saturated rings. The van der Waals surface area contributed by atoms with E-state index in [4.69, 9.17) is 18.6 Å². The highest BCUT2D eigenvalue weighted by atomic mass is 16.5. The fourth-order valence-electron chi connectivity index (χ4n) is 5.42. The van der Waals surface area contributed by atoms with Gasteiger partial charge in [0, 0.05) is 6.54 Å². The number of aryl methyl sites for hydroxylation is 2. The number of carbonyl (C=O) groups is 1. The van der Waals surface area contributed by atoms with Crippen molar-refractivity contribution in [3.05, 3.63) is 134 Å². The van der Waals surface area contributed by atoms with Crippen molar-refractivity contribution in [3.63, 3.8) is 0 Å². The molecule has 0 saturated carbocycles. The Morgan fingerprint density at radius 1 is 0.786 bits per heavy atom. The highest BCUT2D eigenvalue weighted by Gasteiger charge is 2.43. The maximum absolute atomic E-state index is 14.1.